The molecule has 23 heavy (non-hydrogen) atoms. The van der Waals surface area contributed by atoms with Crippen LogP contribution in [0.2, 0.25) is 5.02 Å². The largest absolute Gasteiger partial charge is 0.479 e. The molecule has 7 heteroatoms. The van der Waals surface area contributed by atoms with Crippen LogP contribution in [-0.2, 0) is 4.79 Å². The van der Waals surface area contributed by atoms with Gasteiger partial charge in [-0.15, -0.1) is 0 Å². The fraction of sp³-hybridized carbons (Fsp3) is 0.125. The Balaban J connectivity index is 2.28. The molecule has 3 aromatic rings. The zero-order chi connectivity index (χ0) is 16.6. The van der Waals surface area contributed by atoms with Gasteiger partial charge in [0.2, 0.25) is 16.9 Å². The third kappa shape index (κ3) is 2.80. The van der Waals surface area contributed by atoms with Gasteiger partial charge in [-0.25, -0.2) is 4.79 Å². The second-order valence-corrected chi connectivity index (χ2v) is 5.24. The smallest absolute Gasteiger partial charge is 0.344 e. The first kappa shape index (κ1) is 15.2. The number of halogens is 1. The van der Waals surface area contributed by atoms with Crippen molar-refractivity contribution in [3.8, 4) is 17.3 Å². The van der Waals surface area contributed by atoms with Crippen LogP contribution in [0.15, 0.2) is 50.2 Å². The highest BCUT2D eigenvalue weighted by atomic mass is 35.5. The van der Waals surface area contributed by atoms with Crippen molar-refractivity contribution in [2.45, 2.75) is 13.0 Å². The van der Waals surface area contributed by atoms with Crippen LogP contribution in [0.4, 0.5) is 0 Å². The SMILES string of the molecule is C[C@@H](Oc1c(-c2ccco2)oc2ccc(Cl)cc2c1=O)C(=O)O. The molecular weight excluding hydrogens is 324 g/mol. The second-order valence-electron chi connectivity index (χ2n) is 4.81. The Morgan fingerprint density at radius 3 is 2.78 bits per heavy atom. The number of benzene rings is 1. The van der Waals surface area contributed by atoms with E-state index in [2.05, 4.69) is 0 Å². The van der Waals surface area contributed by atoms with Crippen LogP contribution in [0, 0.1) is 0 Å². The zero-order valence-electron chi connectivity index (χ0n) is 11.9. The molecule has 0 amide bonds. The van der Waals surface area contributed by atoms with Gasteiger partial charge in [-0.2, -0.15) is 0 Å². The second kappa shape index (κ2) is 5.81. The third-order valence-electron chi connectivity index (χ3n) is 3.20. The van der Waals surface area contributed by atoms with Crippen LogP contribution < -0.4 is 10.2 Å². The Kier molecular flexibility index (Phi) is 3.83. The number of carboxylic acids is 1. The number of hydrogen-bond donors (Lipinski definition) is 1. The number of aliphatic carboxylic acids is 1. The van der Waals surface area contributed by atoms with Crippen molar-refractivity contribution in [1.82, 2.24) is 0 Å². The van der Waals surface area contributed by atoms with Gasteiger partial charge >= 0.3 is 5.97 Å². The summed E-state index contributed by atoms with van der Waals surface area (Å²) in [5.74, 6) is -1.15. The van der Waals surface area contributed by atoms with Crippen molar-refractivity contribution in [3.05, 3.63) is 51.8 Å². The lowest BCUT2D eigenvalue weighted by molar-refractivity contribution is -0.144. The molecule has 0 bridgehead atoms. The number of ether oxygens (including phenoxy) is 1. The maximum absolute atomic E-state index is 12.7. The first-order valence-electron chi connectivity index (χ1n) is 6.67. The number of rotatable bonds is 4. The summed E-state index contributed by atoms with van der Waals surface area (Å²) in [6.07, 6.45) is 0.175. The van der Waals surface area contributed by atoms with E-state index in [9.17, 15) is 9.59 Å². The van der Waals surface area contributed by atoms with Crippen LogP contribution in [0.3, 0.4) is 0 Å². The number of hydrogen-bond acceptors (Lipinski definition) is 5. The van der Waals surface area contributed by atoms with Gasteiger partial charge in [0.15, 0.2) is 11.9 Å². The van der Waals surface area contributed by atoms with Gasteiger partial charge in [-0.3, -0.25) is 4.79 Å². The van der Waals surface area contributed by atoms with Gasteiger partial charge in [0.05, 0.1) is 11.6 Å². The molecule has 0 radical (unpaired) electrons. The van der Waals surface area contributed by atoms with Crippen molar-refractivity contribution in [2.24, 2.45) is 0 Å². The highest BCUT2D eigenvalue weighted by Crippen LogP contribution is 2.32. The molecule has 0 saturated carbocycles. The summed E-state index contributed by atoms with van der Waals surface area (Å²) in [4.78, 5) is 23.7. The highest BCUT2D eigenvalue weighted by molar-refractivity contribution is 6.31. The summed E-state index contributed by atoms with van der Waals surface area (Å²) < 4.78 is 16.2. The normalized spacial score (nSPS) is 12.3. The minimum atomic E-state index is -1.23. The number of fused-ring (bicyclic) bond motifs is 1. The van der Waals surface area contributed by atoms with Crippen molar-refractivity contribution in [2.75, 3.05) is 0 Å². The Morgan fingerprint density at radius 1 is 1.35 bits per heavy atom. The average Bonchev–Trinajstić information content (AvgIpc) is 3.04. The minimum absolute atomic E-state index is 0.0305. The molecule has 2 aromatic heterocycles. The summed E-state index contributed by atoms with van der Waals surface area (Å²) in [5, 5.41) is 9.56. The number of carbonyl (C=O) groups is 1. The number of carboxylic acid groups (broad SMARTS) is 1. The van der Waals surface area contributed by atoms with Crippen molar-refractivity contribution < 1.29 is 23.5 Å². The molecule has 0 fully saturated rings. The monoisotopic (exact) mass is 334 g/mol. The van der Waals surface area contributed by atoms with Crippen LogP contribution in [0.5, 0.6) is 5.75 Å². The van der Waals surface area contributed by atoms with E-state index in [0.717, 1.165) is 0 Å². The molecule has 1 aromatic carbocycles. The fourth-order valence-electron chi connectivity index (χ4n) is 2.05. The Morgan fingerprint density at radius 2 is 2.13 bits per heavy atom. The van der Waals surface area contributed by atoms with Gasteiger partial charge in [-0.1, -0.05) is 11.6 Å². The molecule has 0 saturated heterocycles. The van der Waals surface area contributed by atoms with Gasteiger partial charge in [0, 0.05) is 5.02 Å². The van der Waals surface area contributed by atoms with Gasteiger partial charge < -0.3 is 18.7 Å². The summed E-state index contributed by atoms with van der Waals surface area (Å²) in [5.41, 5.74) is -0.227. The highest BCUT2D eigenvalue weighted by Gasteiger charge is 2.23. The van der Waals surface area contributed by atoms with E-state index in [4.69, 9.17) is 30.3 Å². The first-order chi connectivity index (χ1) is 11.0. The summed E-state index contributed by atoms with van der Waals surface area (Å²) >= 11 is 5.90. The van der Waals surface area contributed by atoms with Crippen LogP contribution >= 0.6 is 11.6 Å². The van der Waals surface area contributed by atoms with Crippen LogP contribution in [0.25, 0.3) is 22.5 Å². The van der Waals surface area contributed by atoms with Gasteiger partial charge in [0.1, 0.15) is 5.58 Å². The molecule has 118 valence electrons. The van der Waals surface area contributed by atoms with Crippen molar-refractivity contribution in [1.29, 1.82) is 0 Å². The van der Waals surface area contributed by atoms with E-state index in [1.54, 1.807) is 24.3 Å². The molecule has 6 nitrogen and oxygen atoms in total. The summed E-state index contributed by atoms with van der Waals surface area (Å²) in [7, 11) is 0. The van der Waals surface area contributed by atoms with Crippen LogP contribution in [-0.4, -0.2) is 17.2 Å². The van der Waals surface area contributed by atoms with E-state index < -0.39 is 17.5 Å². The van der Waals surface area contributed by atoms with E-state index in [1.807, 2.05) is 0 Å². The maximum atomic E-state index is 12.7. The predicted molar refractivity (Wildman–Crippen MR) is 82.9 cm³/mol. The topological polar surface area (TPSA) is 89.9 Å². The lowest BCUT2D eigenvalue weighted by atomic mass is 10.2. The van der Waals surface area contributed by atoms with E-state index in [0.29, 0.717) is 10.6 Å². The minimum Gasteiger partial charge on any atom is -0.479 e. The maximum Gasteiger partial charge on any atom is 0.344 e. The van der Waals surface area contributed by atoms with E-state index in [-0.39, 0.29) is 22.7 Å². The van der Waals surface area contributed by atoms with Gasteiger partial charge in [0.25, 0.3) is 0 Å². The number of furan rings is 1. The van der Waals surface area contributed by atoms with E-state index >= 15 is 0 Å². The Bertz CT molecular complexity index is 926. The van der Waals surface area contributed by atoms with Crippen molar-refractivity contribution >= 4 is 28.5 Å². The van der Waals surface area contributed by atoms with Crippen molar-refractivity contribution in [3.63, 3.8) is 0 Å². The molecule has 1 N–H and O–H groups in total. The molecule has 0 aliphatic rings. The lowest BCUT2D eigenvalue weighted by Gasteiger charge is -2.13. The zero-order valence-corrected chi connectivity index (χ0v) is 12.7. The first-order valence-corrected chi connectivity index (χ1v) is 7.05. The Hall–Kier alpha value is -2.73. The Labute approximate surface area is 134 Å². The lowest BCUT2D eigenvalue weighted by Crippen LogP contribution is -2.26. The summed E-state index contributed by atoms with van der Waals surface area (Å²) in [6, 6.07) is 7.77. The molecule has 0 unspecified atom stereocenters. The summed E-state index contributed by atoms with van der Waals surface area (Å²) in [6.45, 7) is 1.32. The molecule has 0 spiro atoms. The fourth-order valence-corrected chi connectivity index (χ4v) is 2.23. The molecule has 3 rings (SSSR count). The standard InChI is InChI=1S/C16H11ClO6/c1-8(16(19)20)22-15-13(18)10-7-9(17)4-5-11(10)23-14(15)12-3-2-6-21-12/h2-8H,1H3,(H,19,20)/t8-/m1/s1. The molecular formula is C16H11ClO6. The molecule has 0 aliphatic carbocycles. The van der Waals surface area contributed by atoms with E-state index in [1.165, 1.54) is 19.3 Å². The molecule has 1 atom stereocenters. The molecule has 2 heterocycles. The predicted octanol–water partition coefficient (Wildman–Crippen LogP) is 3.56. The van der Waals surface area contributed by atoms with Gasteiger partial charge in [-0.05, 0) is 37.3 Å². The quantitative estimate of drug-likeness (QED) is 0.784. The average molecular weight is 335 g/mol. The van der Waals surface area contributed by atoms with Crippen LogP contribution in [0.1, 0.15) is 6.92 Å². The third-order valence-corrected chi connectivity index (χ3v) is 3.43. The molecule has 0 aliphatic heterocycles.